The molecule has 0 radical (unpaired) electrons. The molecular formula is C17H27BrS. The van der Waals surface area contributed by atoms with Crippen LogP contribution in [0.25, 0.3) is 0 Å². The largest absolute Gasteiger partial charge is 0.144 e. The zero-order valence-electron chi connectivity index (χ0n) is 12.3. The molecule has 1 aromatic heterocycles. The summed E-state index contributed by atoms with van der Waals surface area (Å²) in [7, 11) is 0. The Hall–Kier alpha value is 0.180. The van der Waals surface area contributed by atoms with Crippen molar-refractivity contribution < 1.29 is 0 Å². The molecule has 1 saturated carbocycles. The Morgan fingerprint density at radius 1 is 1.21 bits per heavy atom. The lowest BCUT2D eigenvalue weighted by molar-refractivity contribution is 0.258. The van der Waals surface area contributed by atoms with E-state index in [9.17, 15) is 0 Å². The first-order valence-corrected chi connectivity index (χ1v) is 9.70. The molecule has 1 aliphatic rings. The van der Waals surface area contributed by atoms with E-state index in [0.717, 1.165) is 11.8 Å². The molecular weight excluding hydrogens is 316 g/mol. The number of aryl methyl sites for hydroxylation is 1. The first-order chi connectivity index (χ1) is 9.24. The van der Waals surface area contributed by atoms with Crippen LogP contribution in [0.5, 0.6) is 0 Å². The van der Waals surface area contributed by atoms with Crippen molar-refractivity contribution in [2.45, 2.75) is 70.0 Å². The number of hydrogen-bond donors (Lipinski definition) is 0. The van der Waals surface area contributed by atoms with E-state index in [0.29, 0.717) is 4.83 Å². The van der Waals surface area contributed by atoms with Crippen LogP contribution in [-0.4, -0.2) is 0 Å². The van der Waals surface area contributed by atoms with Crippen LogP contribution in [0, 0.1) is 11.8 Å². The summed E-state index contributed by atoms with van der Waals surface area (Å²) in [6.07, 6.45) is 11.2. The summed E-state index contributed by atoms with van der Waals surface area (Å²) in [5, 5.41) is 0. The highest BCUT2D eigenvalue weighted by atomic mass is 79.9. The fourth-order valence-electron chi connectivity index (χ4n) is 3.23. The fraction of sp³-hybridized carbons (Fsp3) is 0.765. The third kappa shape index (κ3) is 4.32. The van der Waals surface area contributed by atoms with E-state index in [2.05, 4.69) is 41.9 Å². The van der Waals surface area contributed by atoms with Gasteiger partial charge in [-0.25, -0.2) is 0 Å². The van der Waals surface area contributed by atoms with Crippen molar-refractivity contribution in [1.29, 1.82) is 0 Å². The van der Waals surface area contributed by atoms with Gasteiger partial charge in [0, 0.05) is 9.75 Å². The van der Waals surface area contributed by atoms with Gasteiger partial charge >= 0.3 is 0 Å². The Morgan fingerprint density at radius 2 is 1.95 bits per heavy atom. The van der Waals surface area contributed by atoms with Gasteiger partial charge in [0.2, 0.25) is 0 Å². The molecule has 1 aliphatic carbocycles. The van der Waals surface area contributed by atoms with Crippen LogP contribution in [0.3, 0.4) is 0 Å². The first-order valence-electron chi connectivity index (χ1n) is 7.97. The Bertz CT molecular complexity index is 363. The zero-order valence-corrected chi connectivity index (χ0v) is 14.7. The monoisotopic (exact) mass is 342 g/mol. The molecule has 19 heavy (non-hydrogen) atoms. The third-order valence-corrected chi connectivity index (χ3v) is 7.43. The molecule has 0 aromatic carbocycles. The number of thiophene rings is 1. The van der Waals surface area contributed by atoms with Crippen molar-refractivity contribution in [2.24, 2.45) is 11.8 Å². The number of alkyl halides is 1. The Morgan fingerprint density at radius 3 is 2.53 bits per heavy atom. The molecule has 1 fully saturated rings. The lowest BCUT2D eigenvalue weighted by Gasteiger charge is -2.31. The van der Waals surface area contributed by atoms with Gasteiger partial charge in [-0.3, -0.25) is 0 Å². The molecule has 0 saturated heterocycles. The maximum absolute atomic E-state index is 3.97. The van der Waals surface area contributed by atoms with Crippen LogP contribution in [0.2, 0.25) is 0 Å². The van der Waals surface area contributed by atoms with Gasteiger partial charge in [-0.1, -0.05) is 61.9 Å². The highest BCUT2D eigenvalue weighted by Crippen LogP contribution is 2.44. The fourth-order valence-corrected chi connectivity index (χ4v) is 5.21. The quantitative estimate of drug-likeness (QED) is 0.502. The second kappa shape index (κ2) is 7.83. The van der Waals surface area contributed by atoms with E-state index in [-0.39, 0.29) is 0 Å². The summed E-state index contributed by atoms with van der Waals surface area (Å²) in [5.74, 6) is 1.88. The minimum absolute atomic E-state index is 0.602. The molecule has 1 heterocycles. The smallest absolute Gasteiger partial charge is 0.0517 e. The molecule has 2 heteroatoms. The van der Waals surface area contributed by atoms with Crippen LogP contribution >= 0.6 is 27.3 Å². The molecule has 108 valence electrons. The van der Waals surface area contributed by atoms with Gasteiger partial charge in [0.25, 0.3) is 0 Å². The predicted molar refractivity (Wildman–Crippen MR) is 90.3 cm³/mol. The summed E-state index contributed by atoms with van der Waals surface area (Å²) < 4.78 is 0. The van der Waals surface area contributed by atoms with Crippen LogP contribution in [0.1, 0.15) is 73.4 Å². The lowest BCUT2D eigenvalue weighted by Crippen LogP contribution is -2.17. The SMILES string of the molecule is CCCCC1CCC(C(Br)c2ccc(CC)s2)CC1. The standard InChI is InChI=1S/C17H27BrS/c1-3-5-6-13-7-9-14(10-8-13)17(18)16-12-11-15(4-2)19-16/h11-14,17H,3-10H2,1-2H3. The number of rotatable bonds is 6. The van der Waals surface area contributed by atoms with Crippen molar-refractivity contribution >= 4 is 27.3 Å². The maximum atomic E-state index is 3.97. The molecule has 0 aliphatic heterocycles. The molecule has 1 aromatic rings. The summed E-state index contributed by atoms with van der Waals surface area (Å²) in [6.45, 7) is 4.56. The van der Waals surface area contributed by atoms with E-state index in [4.69, 9.17) is 0 Å². The molecule has 1 unspecified atom stereocenters. The van der Waals surface area contributed by atoms with E-state index >= 15 is 0 Å². The van der Waals surface area contributed by atoms with Crippen LogP contribution in [0.15, 0.2) is 12.1 Å². The van der Waals surface area contributed by atoms with Gasteiger partial charge in [-0.15, -0.1) is 11.3 Å². The number of unbranched alkanes of at least 4 members (excludes halogenated alkanes) is 1. The average Bonchev–Trinajstić information content (AvgIpc) is 2.94. The molecule has 0 N–H and O–H groups in total. The topological polar surface area (TPSA) is 0 Å². The molecule has 0 amide bonds. The van der Waals surface area contributed by atoms with Gasteiger partial charge in [0.15, 0.2) is 0 Å². The lowest BCUT2D eigenvalue weighted by atomic mass is 9.78. The van der Waals surface area contributed by atoms with E-state index in [1.807, 2.05) is 11.3 Å². The van der Waals surface area contributed by atoms with Crippen molar-refractivity contribution in [3.8, 4) is 0 Å². The predicted octanol–water partition coefficient (Wildman–Crippen LogP) is 6.74. The summed E-state index contributed by atoms with van der Waals surface area (Å²) >= 11 is 5.98. The van der Waals surface area contributed by atoms with Crippen LogP contribution < -0.4 is 0 Å². The Balaban J connectivity index is 1.83. The maximum Gasteiger partial charge on any atom is 0.0517 e. The zero-order chi connectivity index (χ0) is 13.7. The molecule has 2 rings (SSSR count). The van der Waals surface area contributed by atoms with Gasteiger partial charge in [0.1, 0.15) is 0 Å². The second-order valence-electron chi connectivity index (χ2n) is 5.98. The summed E-state index contributed by atoms with van der Waals surface area (Å²) in [5.41, 5.74) is 0. The number of halogens is 1. The third-order valence-electron chi connectivity index (χ3n) is 4.57. The second-order valence-corrected chi connectivity index (χ2v) is 8.17. The minimum atomic E-state index is 0.602. The van der Waals surface area contributed by atoms with Crippen molar-refractivity contribution in [2.75, 3.05) is 0 Å². The highest BCUT2D eigenvalue weighted by Gasteiger charge is 2.27. The van der Waals surface area contributed by atoms with Crippen LogP contribution in [-0.2, 0) is 6.42 Å². The molecule has 0 spiro atoms. The van der Waals surface area contributed by atoms with E-state index in [1.54, 1.807) is 4.88 Å². The van der Waals surface area contributed by atoms with Crippen molar-refractivity contribution in [1.82, 2.24) is 0 Å². The van der Waals surface area contributed by atoms with Gasteiger partial charge in [-0.2, -0.15) is 0 Å². The van der Waals surface area contributed by atoms with Crippen molar-refractivity contribution in [3.05, 3.63) is 21.9 Å². The number of hydrogen-bond acceptors (Lipinski definition) is 1. The van der Waals surface area contributed by atoms with Gasteiger partial charge < -0.3 is 0 Å². The summed E-state index contributed by atoms with van der Waals surface area (Å²) in [6, 6.07) is 4.65. The average molecular weight is 343 g/mol. The van der Waals surface area contributed by atoms with E-state index in [1.165, 1.54) is 56.2 Å². The Kier molecular flexibility index (Phi) is 6.41. The van der Waals surface area contributed by atoms with Gasteiger partial charge in [0.05, 0.1) is 4.83 Å². The minimum Gasteiger partial charge on any atom is -0.144 e. The summed E-state index contributed by atoms with van der Waals surface area (Å²) in [4.78, 5) is 3.68. The van der Waals surface area contributed by atoms with Crippen molar-refractivity contribution in [3.63, 3.8) is 0 Å². The van der Waals surface area contributed by atoms with Crippen LogP contribution in [0.4, 0.5) is 0 Å². The Labute approximate surface area is 131 Å². The first kappa shape index (κ1) is 15.6. The van der Waals surface area contributed by atoms with E-state index < -0.39 is 0 Å². The highest BCUT2D eigenvalue weighted by molar-refractivity contribution is 9.09. The molecule has 0 bridgehead atoms. The van der Waals surface area contributed by atoms with Gasteiger partial charge in [-0.05, 0) is 43.2 Å². The normalized spacial score (nSPS) is 25.4. The molecule has 1 atom stereocenters. The molecule has 0 nitrogen and oxygen atoms in total.